The number of aliphatic imine (C=N–C) groups is 1. The molecule has 4 nitrogen and oxygen atoms in total. The number of hydrogen-bond donors (Lipinski definition) is 2. The summed E-state index contributed by atoms with van der Waals surface area (Å²) >= 11 is 1.84. The fraction of sp³-hybridized carbons (Fsp3) is 0.0364. The number of amidine groups is 1. The van der Waals surface area contributed by atoms with Gasteiger partial charge in [0.1, 0.15) is 29.3 Å². The molecule has 2 aromatic heterocycles. The zero-order chi connectivity index (χ0) is 39.6. The Bertz CT molecular complexity index is 3420. The van der Waals surface area contributed by atoms with Gasteiger partial charge in [-0.15, -0.1) is 11.3 Å². The number of nitrogens with zero attached hydrogens (tertiary/aromatic N) is 1. The Labute approximate surface area is 351 Å². The first kappa shape index (κ1) is 34.7. The van der Waals surface area contributed by atoms with Crippen LogP contribution in [0.4, 0.5) is 0 Å². The Kier molecular flexibility index (Phi) is 8.22. The predicted molar refractivity (Wildman–Crippen MR) is 252 cm³/mol. The maximum atomic E-state index is 6.75. The summed E-state index contributed by atoms with van der Waals surface area (Å²) in [5, 5.41) is 15.0. The summed E-state index contributed by atoms with van der Waals surface area (Å²) in [4.78, 5) is 5.42. The minimum absolute atomic E-state index is 0.338. The van der Waals surface area contributed by atoms with E-state index in [1.54, 1.807) is 0 Å². The van der Waals surface area contributed by atoms with Crippen LogP contribution in [0.25, 0.3) is 86.3 Å². The van der Waals surface area contributed by atoms with Gasteiger partial charge in [-0.3, -0.25) is 5.32 Å². The van der Waals surface area contributed by atoms with Crippen LogP contribution in [0.2, 0.25) is 0 Å². The number of furan rings is 1. The first-order valence-corrected chi connectivity index (χ1v) is 21.2. The molecule has 0 radical (unpaired) electrons. The van der Waals surface area contributed by atoms with Crippen molar-refractivity contribution in [3.05, 3.63) is 217 Å². The van der Waals surface area contributed by atoms with Gasteiger partial charge < -0.3 is 9.73 Å². The van der Waals surface area contributed by atoms with Gasteiger partial charge in [0.15, 0.2) is 0 Å². The number of thiophene rings is 1. The van der Waals surface area contributed by atoms with E-state index in [9.17, 15) is 0 Å². The molecule has 60 heavy (non-hydrogen) atoms. The van der Waals surface area contributed by atoms with E-state index in [0.29, 0.717) is 0 Å². The van der Waals surface area contributed by atoms with Gasteiger partial charge in [-0.1, -0.05) is 164 Å². The highest BCUT2D eigenvalue weighted by Crippen LogP contribution is 2.44. The molecule has 0 fully saturated rings. The van der Waals surface area contributed by atoms with Crippen LogP contribution >= 0.6 is 11.3 Å². The van der Waals surface area contributed by atoms with Crippen LogP contribution in [0.1, 0.15) is 29.0 Å². The molecule has 2 unspecified atom stereocenters. The van der Waals surface area contributed by atoms with Gasteiger partial charge in [-0.2, -0.15) is 0 Å². The summed E-state index contributed by atoms with van der Waals surface area (Å²) in [6, 6.07) is 71.6. The van der Waals surface area contributed by atoms with Crippen molar-refractivity contribution >= 4 is 70.1 Å². The smallest absolute Gasteiger partial charge is 0.136 e. The van der Waals surface area contributed by atoms with E-state index >= 15 is 0 Å². The highest BCUT2D eigenvalue weighted by Gasteiger charge is 2.31. The maximum Gasteiger partial charge on any atom is 0.136 e. The van der Waals surface area contributed by atoms with Crippen LogP contribution in [-0.2, 0) is 0 Å². The van der Waals surface area contributed by atoms with Crippen molar-refractivity contribution in [2.75, 3.05) is 0 Å². The van der Waals surface area contributed by atoms with E-state index in [0.717, 1.165) is 61.0 Å². The van der Waals surface area contributed by atoms with Gasteiger partial charge in [-0.05, 0) is 86.1 Å². The zero-order valence-electron chi connectivity index (χ0n) is 32.5. The molecule has 11 aromatic rings. The third-order valence-corrected chi connectivity index (χ3v) is 13.1. The second-order valence-corrected chi connectivity index (χ2v) is 16.6. The average Bonchev–Trinajstić information content (AvgIpc) is 3.88. The van der Waals surface area contributed by atoms with Gasteiger partial charge in [0.2, 0.25) is 0 Å². The second kappa shape index (κ2) is 14.2. The fourth-order valence-corrected chi connectivity index (χ4v) is 10.1. The Morgan fingerprint density at radius 1 is 0.450 bits per heavy atom. The quantitative estimate of drug-likeness (QED) is 0.176. The minimum Gasteiger partial charge on any atom is -0.456 e. The SMILES string of the molecule is c1ccc(-c2ccc(C3=NC(c4ccc(-c5ccccc5)cc4)NC(c4c(-c5ccc6sc7ccccc7c6c5)ccc5oc6cc7ccccc7cc6c45)N3)cc2)cc1. The number of fused-ring (bicyclic) bond motifs is 7. The molecule has 9 aromatic carbocycles. The van der Waals surface area contributed by atoms with Gasteiger partial charge in [0.25, 0.3) is 0 Å². The predicted octanol–water partition coefficient (Wildman–Crippen LogP) is 14.4. The molecule has 1 aliphatic rings. The second-order valence-electron chi connectivity index (χ2n) is 15.6. The summed E-state index contributed by atoms with van der Waals surface area (Å²) in [5.41, 5.74) is 12.0. The van der Waals surface area contributed by atoms with Gasteiger partial charge >= 0.3 is 0 Å². The van der Waals surface area contributed by atoms with Crippen molar-refractivity contribution in [2.24, 2.45) is 4.99 Å². The highest BCUT2D eigenvalue weighted by molar-refractivity contribution is 7.25. The molecule has 2 atom stereocenters. The zero-order valence-corrected chi connectivity index (χ0v) is 33.3. The summed E-state index contributed by atoms with van der Waals surface area (Å²) in [5.74, 6) is 0.830. The van der Waals surface area contributed by atoms with E-state index in [2.05, 4.69) is 211 Å². The minimum atomic E-state index is -0.342. The lowest BCUT2D eigenvalue weighted by Crippen LogP contribution is -2.45. The lowest BCUT2D eigenvalue weighted by molar-refractivity contribution is 0.411. The van der Waals surface area contributed by atoms with E-state index < -0.39 is 0 Å². The molecule has 0 amide bonds. The topological polar surface area (TPSA) is 49.6 Å². The molecule has 1 aliphatic heterocycles. The van der Waals surface area contributed by atoms with Crippen molar-refractivity contribution < 1.29 is 4.42 Å². The van der Waals surface area contributed by atoms with Crippen LogP contribution < -0.4 is 10.6 Å². The first-order valence-electron chi connectivity index (χ1n) is 20.4. The van der Waals surface area contributed by atoms with E-state index in [1.165, 1.54) is 47.8 Å². The summed E-state index contributed by atoms with van der Waals surface area (Å²) in [6.07, 6.45) is -0.679. The normalized spacial score (nSPS) is 15.5. The van der Waals surface area contributed by atoms with Crippen molar-refractivity contribution in [2.45, 2.75) is 12.3 Å². The first-order chi connectivity index (χ1) is 29.7. The lowest BCUT2D eigenvalue weighted by atomic mass is 9.91. The molecule has 2 N–H and O–H groups in total. The molecule has 0 aliphatic carbocycles. The Morgan fingerprint density at radius 3 is 1.80 bits per heavy atom. The molecule has 0 spiro atoms. The molecule has 5 heteroatoms. The molecule has 0 bridgehead atoms. The number of rotatable bonds is 6. The van der Waals surface area contributed by atoms with Crippen molar-refractivity contribution in [1.29, 1.82) is 0 Å². The van der Waals surface area contributed by atoms with Crippen molar-refractivity contribution in [3.8, 4) is 33.4 Å². The summed E-state index contributed by atoms with van der Waals surface area (Å²) < 4.78 is 9.32. The van der Waals surface area contributed by atoms with Crippen LogP contribution in [0.15, 0.2) is 210 Å². The Hall–Kier alpha value is -7.31. The molecule has 284 valence electrons. The monoisotopic (exact) mass is 787 g/mol. The Balaban J connectivity index is 1.06. The van der Waals surface area contributed by atoms with Gasteiger partial charge in [0, 0.05) is 42.1 Å². The standard InChI is InChI=1S/C55H37N3OS/c1-3-11-34(12-4-1)36-19-23-38(24-20-36)53-56-54(39-25-21-37(22-26-39)35-13-5-2-6-14-35)58-55(57-53)52-43(42-27-30-50-45(32-42)44-17-9-10-18-49(44)60-50)28-29-47-51(52)46-31-40-15-7-8-16-41(40)33-48(46)59-47/h1-33,53,55,57H,(H,56,58). The lowest BCUT2D eigenvalue weighted by Gasteiger charge is -2.33. The molecule has 3 heterocycles. The molecule has 0 saturated heterocycles. The maximum absolute atomic E-state index is 6.75. The number of hydrogen-bond acceptors (Lipinski definition) is 5. The van der Waals surface area contributed by atoms with E-state index in [4.69, 9.17) is 9.41 Å². The summed E-state index contributed by atoms with van der Waals surface area (Å²) in [6.45, 7) is 0. The van der Waals surface area contributed by atoms with E-state index in [-0.39, 0.29) is 12.3 Å². The van der Waals surface area contributed by atoms with E-state index in [1.807, 2.05) is 11.3 Å². The third-order valence-electron chi connectivity index (χ3n) is 12.0. The fourth-order valence-electron chi connectivity index (χ4n) is 8.99. The van der Waals surface area contributed by atoms with Crippen LogP contribution in [0.3, 0.4) is 0 Å². The van der Waals surface area contributed by atoms with Gasteiger partial charge in [0.05, 0.1) is 0 Å². The molecule has 0 saturated carbocycles. The van der Waals surface area contributed by atoms with Crippen LogP contribution in [-0.4, -0.2) is 5.84 Å². The average molecular weight is 788 g/mol. The molecule has 12 rings (SSSR count). The molecular formula is C55H37N3OS. The third kappa shape index (κ3) is 5.98. The Morgan fingerprint density at radius 2 is 1.05 bits per heavy atom. The number of nitrogens with one attached hydrogen (secondary N) is 2. The summed E-state index contributed by atoms with van der Waals surface area (Å²) in [7, 11) is 0. The van der Waals surface area contributed by atoms with Crippen molar-refractivity contribution in [3.63, 3.8) is 0 Å². The van der Waals surface area contributed by atoms with Crippen LogP contribution in [0.5, 0.6) is 0 Å². The van der Waals surface area contributed by atoms with Crippen LogP contribution in [0, 0.1) is 0 Å². The number of benzene rings is 9. The molecular weight excluding hydrogens is 751 g/mol. The van der Waals surface area contributed by atoms with Crippen molar-refractivity contribution in [1.82, 2.24) is 10.6 Å². The highest BCUT2D eigenvalue weighted by atomic mass is 32.1. The van der Waals surface area contributed by atoms with Gasteiger partial charge in [-0.25, -0.2) is 4.99 Å². The largest absolute Gasteiger partial charge is 0.456 e.